The van der Waals surface area contributed by atoms with Crippen LogP contribution in [0.15, 0.2) is 12.1 Å². The largest absolute Gasteiger partial charge is 0.452 e. The molecule has 3 rings (SSSR count). The Morgan fingerprint density at radius 2 is 1.92 bits per heavy atom. The lowest BCUT2D eigenvalue weighted by atomic mass is 10.00. The molecule has 1 heterocycles. The number of amides is 1. The Labute approximate surface area is 156 Å². The monoisotopic (exact) mass is 368 g/mol. The van der Waals surface area contributed by atoms with E-state index in [9.17, 15) is 14.9 Å². The number of carbonyl (C=O) groups excluding carboxylic acids is 2. The number of nitrogens with one attached hydrogen (secondary N) is 1. The average molecular weight is 368 g/mol. The van der Waals surface area contributed by atoms with Gasteiger partial charge in [-0.05, 0) is 56.7 Å². The zero-order valence-corrected chi connectivity index (χ0v) is 15.9. The number of nitriles is 1. The summed E-state index contributed by atoms with van der Waals surface area (Å²) in [6.07, 6.45) is 2.88. The lowest BCUT2D eigenvalue weighted by Crippen LogP contribution is -2.21. The summed E-state index contributed by atoms with van der Waals surface area (Å²) in [5.74, 6) is -0.943. The molecule has 0 fully saturated rings. The van der Waals surface area contributed by atoms with Gasteiger partial charge in [-0.3, -0.25) is 4.79 Å². The van der Waals surface area contributed by atoms with Crippen molar-refractivity contribution in [2.45, 2.75) is 40.0 Å². The number of ether oxygens (including phenoxy) is 1. The molecule has 2 aromatic rings. The van der Waals surface area contributed by atoms with Crippen LogP contribution in [0.3, 0.4) is 0 Å². The summed E-state index contributed by atoms with van der Waals surface area (Å²) in [5, 5.41) is 12.6. The molecule has 26 heavy (non-hydrogen) atoms. The zero-order valence-electron chi connectivity index (χ0n) is 15.1. The van der Waals surface area contributed by atoms with Crippen molar-refractivity contribution in [3.8, 4) is 6.07 Å². The van der Waals surface area contributed by atoms with E-state index in [1.54, 1.807) is 0 Å². The summed E-state index contributed by atoms with van der Waals surface area (Å²) >= 11 is 1.44. The number of aryl methyl sites for hydroxylation is 4. The lowest BCUT2D eigenvalue weighted by Gasteiger charge is -2.11. The molecule has 1 aromatic carbocycles. The van der Waals surface area contributed by atoms with Gasteiger partial charge in [0, 0.05) is 4.88 Å². The molecule has 1 N–H and O–H groups in total. The number of thiophene rings is 1. The van der Waals surface area contributed by atoms with E-state index in [1.807, 2.05) is 32.9 Å². The van der Waals surface area contributed by atoms with E-state index in [0.717, 1.165) is 41.5 Å². The van der Waals surface area contributed by atoms with Crippen LogP contribution < -0.4 is 5.32 Å². The Balaban J connectivity index is 1.65. The number of anilines is 1. The van der Waals surface area contributed by atoms with Crippen LogP contribution in [-0.4, -0.2) is 18.5 Å². The maximum Gasteiger partial charge on any atom is 0.339 e. The maximum absolute atomic E-state index is 12.3. The van der Waals surface area contributed by atoms with Crippen molar-refractivity contribution < 1.29 is 14.3 Å². The highest BCUT2D eigenvalue weighted by Gasteiger charge is 2.23. The Hall–Kier alpha value is -2.65. The predicted molar refractivity (Wildman–Crippen MR) is 101 cm³/mol. The van der Waals surface area contributed by atoms with Gasteiger partial charge >= 0.3 is 5.97 Å². The predicted octanol–water partition coefficient (Wildman–Crippen LogP) is 3.83. The molecule has 0 atom stereocenters. The third kappa shape index (κ3) is 3.49. The Kier molecular flexibility index (Phi) is 5.10. The van der Waals surface area contributed by atoms with Crippen molar-refractivity contribution in [2.75, 3.05) is 11.9 Å². The summed E-state index contributed by atoms with van der Waals surface area (Å²) < 4.78 is 5.19. The second-order valence-electron chi connectivity index (χ2n) is 6.57. The van der Waals surface area contributed by atoms with Crippen LogP contribution in [0.1, 0.15) is 49.5 Å². The van der Waals surface area contributed by atoms with Gasteiger partial charge in [0.1, 0.15) is 11.1 Å². The number of esters is 1. The SMILES string of the molecule is Cc1cc(C)c(C(=O)OCC(=O)Nc2sc3c(c2C#N)CCC3)c(C)c1. The van der Waals surface area contributed by atoms with Gasteiger partial charge in [0.15, 0.2) is 6.61 Å². The number of nitrogens with zero attached hydrogens (tertiary/aromatic N) is 1. The highest BCUT2D eigenvalue weighted by Crippen LogP contribution is 2.38. The molecule has 0 radical (unpaired) electrons. The molecule has 5 nitrogen and oxygen atoms in total. The third-order valence-electron chi connectivity index (χ3n) is 4.50. The van der Waals surface area contributed by atoms with Gasteiger partial charge in [0.25, 0.3) is 5.91 Å². The van der Waals surface area contributed by atoms with Gasteiger partial charge in [-0.25, -0.2) is 4.79 Å². The Morgan fingerprint density at radius 3 is 2.58 bits per heavy atom. The number of rotatable bonds is 4. The number of carbonyl (C=O) groups is 2. The number of hydrogen-bond donors (Lipinski definition) is 1. The second-order valence-corrected chi connectivity index (χ2v) is 7.68. The zero-order chi connectivity index (χ0) is 18.8. The summed E-state index contributed by atoms with van der Waals surface area (Å²) in [6.45, 7) is 5.29. The van der Waals surface area contributed by atoms with Gasteiger partial charge in [0.2, 0.25) is 0 Å². The lowest BCUT2D eigenvalue weighted by molar-refractivity contribution is -0.119. The van der Waals surface area contributed by atoms with Crippen LogP contribution in [-0.2, 0) is 22.4 Å². The fraction of sp³-hybridized carbons (Fsp3) is 0.350. The van der Waals surface area contributed by atoms with Crippen LogP contribution in [0.4, 0.5) is 5.00 Å². The molecule has 1 amide bonds. The molecule has 0 bridgehead atoms. The van der Waals surface area contributed by atoms with E-state index in [0.29, 0.717) is 16.1 Å². The van der Waals surface area contributed by atoms with E-state index < -0.39 is 11.9 Å². The van der Waals surface area contributed by atoms with E-state index in [2.05, 4.69) is 11.4 Å². The normalized spacial score (nSPS) is 12.4. The average Bonchev–Trinajstić information content (AvgIpc) is 3.12. The van der Waals surface area contributed by atoms with Crippen molar-refractivity contribution in [2.24, 2.45) is 0 Å². The molecule has 6 heteroatoms. The molecular weight excluding hydrogens is 348 g/mol. The van der Waals surface area contributed by atoms with Crippen molar-refractivity contribution in [1.82, 2.24) is 0 Å². The summed E-state index contributed by atoms with van der Waals surface area (Å²) in [4.78, 5) is 25.7. The molecule has 1 aliphatic carbocycles. The summed E-state index contributed by atoms with van der Waals surface area (Å²) in [6, 6.07) is 6.01. The summed E-state index contributed by atoms with van der Waals surface area (Å²) in [7, 11) is 0. The summed E-state index contributed by atoms with van der Waals surface area (Å²) in [5.41, 5.74) is 4.83. The fourth-order valence-electron chi connectivity index (χ4n) is 3.48. The number of hydrogen-bond acceptors (Lipinski definition) is 5. The van der Waals surface area contributed by atoms with E-state index in [4.69, 9.17) is 4.74 Å². The first kappa shape index (κ1) is 18.2. The Morgan fingerprint density at radius 1 is 1.23 bits per heavy atom. The smallest absolute Gasteiger partial charge is 0.339 e. The minimum absolute atomic E-state index is 0.376. The van der Waals surface area contributed by atoms with E-state index in [1.165, 1.54) is 16.2 Å². The second kappa shape index (κ2) is 7.30. The molecule has 1 aliphatic rings. The van der Waals surface area contributed by atoms with Gasteiger partial charge in [-0.2, -0.15) is 5.26 Å². The molecule has 1 aromatic heterocycles. The van der Waals surface area contributed by atoms with Crippen molar-refractivity contribution in [3.63, 3.8) is 0 Å². The van der Waals surface area contributed by atoms with Gasteiger partial charge < -0.3 is 10.1 Å². The number of benzene rings is 1. The minimum atomic E-state index is -0.510. The molecule has 0 aliphatic heterocycles. The van der Waals surface area contributed by atoms with Crippen molar-refractivity contribution in [1.29, 1.82) is 5.26 Å². The quantitative estimate of drug-likeness (QED) is 0.832. The van der Waals surface area contributed by atoms with E-state index in [-0.39, 0.29) is 6.61 Å². The van der Waals surface area contributed by atoms with Gasteiger partial charge in [-0.1, -0.05) is 17.7 Å². The first-order valence-corrected chi connectivity index (χ1v) is 9.31. The topological polar surface area (TPSA) is 79.2 Å². The highest BCUT2D eigenvalue weighted by molar-refractivity contribution is 7.16. The first-order chi connectivity index (χ1) is 12.4. The molecule has 0 saturated heterocycles. The van der Waals surface area contributed by atoms with Crippen LogP contribution in [0.2, 0.25) is 0 Å². The van der Waals surface area contributed by atoms with E-state index >= 15 is 0 Å². The Bertz CT molecular complexity index is 914. The highest BCUT2D eigenvalue weighted by atomic mass is 32.1. The standard InChI is InChI=1S/C20H20N2O3S/c1-11-7-12(2)18(13(3)8-11)20(24)25-10-17(23)22-19-15(9-21)14-5-4-6-16(14)26-19/h7-8H,4-6,10H2,1-3H3,(H,22,23). The molecule has 0 unspecified atom stereocenters. The first-order valence-electron chi connectivity index (χ1n) is 8.50. The minimum Gasteiger partial charge on any atom is -0.452 e. The van der Waals surface area contributed by atoms with Crippen LogP contribution in [0.5, 0.6) is 0 Å². The molecule has 134 valence electrons. The number of fused-ring (bicyclic) bond motifs is 1. The van der Waals surface area contributed by atoms with Crippen molar-refractivity contribution >= 4 is 28.2 Å². The maximum atomic E-state index is 12.3. The molecule has 0 saturated carbocycles. The third-order valence-corrected chi connectivity index (χ3v) is 5.71. The molecule has 0 spiro atoms. The molecular formula is C20H20N2O3S. The van der Waals surface area contributed by atoms with Crippen LogP contribution in [0.25, 0.3) is 0 Å². The van der Waals surface area contributed by atoms with Gasteiger partial charge in [-0.15, -0.1) is 11.3 Å². The van der Waals surface area contributed by atoms with Gasteiger partial charge in [0.05, 0.1) is 11.1 Å². The van der Waals surface area contributed by atoms with Crippen molar-refractivity contribution in [3.05, 3.63) is 50.4 Å². The fourth-order valence-corrected chi connectivity index (χ4v) is 4.73. The van der Waals surface area contributed by atoms with Crippen LogP contribution in [0, 0.1) is 32.1 Å². The van der Waals surface area contributed by atoms with Crippen LogP contribution >= 0.6 is 11.3 Å².